The maximum Gasteiger partial charge on any atom is 0.234 e. The van der Waals surface area contributed by atoms with E-state index in [4.69, 9.17) is 16.7 Å². The Bertz CT molecular complexity index is 966. The number of aromatic nitrogens is 1. The molecular weight excluding hydrogens is 372 g/mol. The molecule has 0 saturated heterocycles. The quantitative estimate of drug-likeness (QED) is 0.783. The van der Waals surface area contributed by atoms with Gasteiger partial charge in [-0.3, -0.25) is 0 Å². The minimum atomic E-state index is -3.77. The molecule has 3 rings (SSSR count). The molecule has 1 unspecified atom stereocenters. The molecule has 1 aliphatic rings. The van der Waals surface area contributed by atoms with Gasteiger partial charge in [0.05, 0.1) is 21.3 Å². The lowest BCUT2D eigenvalue weighted by atomic mass is 9.96. The van der Waals surface area contributed by atoms with Gasteiger partial charge in [-0.1, -0.05) is 18.5 Å². The summed E-state index contributed by atoms with van der Waals surface area (Å²) < 4.78 is 27.7. The van der Waals surface area contributed by atoms with Gasteiger partial charge in [0.1, 0.15) is 5.75 Å². The van der Waals surface area contributed by atoms with E-state index in [1.165, 1.54) is 18.2 Å². The molecule has 1 aromatic heterocycles. The number of phenols is 1. The average Bonchev–Trinajstić information content (AvgIpc) is 2.88. The van der Waals surface area contributed by atoms with Crippen molar-refractivity contribution in [1.82, 2.24) is 4.37 Å². The maximum absolute atomic E-state index is 11.7. The van der Waals surface area contributed by atoms with Crippen LogP contribution in [0.25, 0.3) is 6.08 Å². The lowest BCUT2D eigenvalue weighted by molar-refractivity contribution is 0.475. The van der Waals surface area contributed by atoms with Gasteiger partial charge in [-0.15, -0.1) is 10.2 Å². The van der Waals surface area contributed by atoms with E-state index in [1.54, 1.807) is 13.0 Å². The lowest BCUT2D eigenvalue weighted by Crippen LogP contribution is -2.22. The van der Waals surface area contributed by atoms with E-state index in [-0.39, 0.29) is 21.6 Å². The summed E-state index contributed by atoms with van der Waals surface area (Å²) in [5.74, 6) is -0.268. The van der Waals surface area contributed by atoms with Gasteiger partial charge in [0.15, 0.2) is 5.00 Å². The van der Waals surface area contributed by atoms with Crippen molar-refractivity contribution in [3.8, 4) is 5.75 Å². The van der Waals surface area contributed by atoms with E-state index in [9.17, 15) is 13.5 Å². The number of halogens is 1. The van der Waals surface area contributed by atoms with E-state index in [1.807, 2.05) is 0 Å². The molecule has 0 saturated carbocycles. The fourth-order valence-electron chi connectivity index (χ4n) is 2.38. The number of benzene rings is 1. The highest BCUT2D eigenvalue weighted by atomic mass is 35.5. The van der Waals surface area contributed by atoms with Crippen LogP contribution in [0.4, 0.5) is 10.7 Å². The molecular formula is C14H13ClN4O3S2. The molecule has 0 amide bonds. The zero-order chi connectivity index (χ0) is 17.5. The predicted octanol–water partition coefficient (Wildman–Crippen LogP) is 3.74. The van der Waals surface area contributed by atoms with E-state index in [0.29, 0.717) is 22.7 Å². The SMILES string of the molecule is CC1Cc2nsc(/N=N/c3ccc(O)c(Cl)c3)c2C=C1S(N)(=O)=O. The third-order valence-electron chi connectivity index (χ3n) is 3.57. The first-order valence-corrected chi connectivity index (χ1v) is 9.58. The molecule has 0 bridgehead atoms. The summed E-state index contributed by atoms with van der Waals surface area (Å²) in [6, 6.07) is 4.45. The van der Waals surface area contributed by atoms with E-state index < -0.39 is 10.0 Å². The minimum absolute atomic E-state index is 0.0412. The topological polar surface area (TPSA) is 118 Å². The highest BCUT2D eigenvalue weighted by Gasteiger charge is 2.28. The zero-order valence-corrected chi connectivity index (χ0v) is 14.9. The molecule has 7 nitrogen and oxygen atoms in total. The average molecular weight is 385 g/mol. The van der Waals surface area contributed by atoms with Gasteiger partial charge < -0.3 is 5.11 Å². The number of sulfonamides is 1. The second kappa shape index (κ2) is 6.25. The Balaban J connectivity index is 1.97. The Morgan fingerprint density at radius 3 is 2.83 bits per heavy atom. The maximum atomic E-state index is 11.7. The zero-order valence-electron chi connectivity index (χ0n) is 12.5. The standard InChI is InChI=1S/C14H13ClN4O3S2/c1-7-4-11-9(6-13(7)24(16,21)22)14(23-19-11)18-17-8-2-3-12(20)10(15)5-8/h2-3,5-7,20H,4H2,1H3,(H2,16,21,22)/b18-17+. The van der Waals surface area contributed by atoms with Gasteiger partial charge in [0.2, 0.25) is 10.0 Å². The summed E-state index contributed by atoms with van der Waals surface area (Å²) in [5.41, 5.74) is 1.85. The molecule has 10 heteroatoms. The Labute approximate surface area is 147 Å². The van der Waals surface area contributed by atoms with Crippen molar-refractivity contribution < 1.29 is 13.5 Å². The first-order chi connectivity index (χ1) is 11.3. The van der Waals surface area contributed by atoms with Crippen molar-refractivity contribution >= 4 is 49.9 Å². The number of nitrogens with two attached hydrogens (primary N) is 1. The van der Waals surface area contributed by atoms with Crippen LogP contribution in [0.2, 0.25) is 5.02 Å². The van der Waals surface area contributed by atoms with Crippen molar-refractivity contribution in [3.05, 3.63) is 39.4 Å². The Kier molecular flexibility index (Phi) is 4.43. The van der Waals surface area contributed by atoms with Crippen LogP contribution in [0.15, 0.2) is 33.3 Å². The summed E-state index contributed by atoms with van der Waals surface area (Å²) in [7, 11) is -3.77. The summed E-state index contributed by atoms with van der Waals surface area (Å²) in [6.45, 7) is 1.79. The van der Waals surface area contributed by atoms with E-state index in [0.717, 1.165) is 17.2 Å². The second-order valence-corrected chi connectivity index (χ2v) is 8.10. The first kappa shape index (κ1) is 17.0. The van der Waals surface area contributed by atoms with Crippen molar-refractivity contribution in [3.63, 3.8) is 0 Å². The monoisotopic (exact) mass is 384 g/mol. The van der Waals surface area contributed by atoms with Crippen LogP contribution in [0.5, 0.6) is 5.75 Å². The van der Waals surface area contributed by atoms with Crippen LogP contribution in [0, 0.1) is 5.92 Å². The van der Waals surface area contributed by atoms with Crippen molar-refractivity contribution in [2.45, 2.75) is 13.3 Å². The number of aromatic hydroxyl groups is 1. The highest BCUT2D eigenvalue weighted by Crippen LogP contribution is 2.39. The number of fused-ring (bicyclic) bond motifs is 1. The Hall–Kier alpha value is -1.81. The molecule has 0 spiro atoms. The van der Waals surface area contributed by atoms with Crippen LogP contribution < -0.4 is 5.14 Å². The molecule has 1 aliphatic carbocycles. The Morgan fingerprint density at radius 2 is 2.17 bits per heavy atom. The molecule has 0 radical (unpaired) electrons. The molecule has 2 aromatic rings. The summed E-state index contributed by atoms with van der Waals surface area (Å²) >= 11 is 6.96. The molecule has 1 heterocycles. The van der Waals surface area contributed by atoms with E-state index in [2.05, 4.69) is 14.6 Å². The van der Waals surface area contributed by atoms with Gasteiger partial charge in [-0.25, -0.2) is 13.6 Å². The molecule has 3 N–H and O–H groups in total. The van der Waals surface area contributed by atoms with Crippen LogP contribution in [0.3, 0.4) is 0 Å². The Morgan fingerprint density at radius 1 is 1.42 bits per heavy atom. The molecule has 126 valence electrons. The van der Waals surface area contributed by atoms with Crippen molar-refractivity contribution in [2.24, 2.45) is 21.3 Å². The molecule has 0 fully saturated rings. The minimum Gasteiger partial charge on any atom is -0.506 e. The van der Waals surface area contributed by atoms with Crippen LogP contribution in [-0.2, 0) is 16.4 Å². The third-order valence-corrected chi connectivity index (χ3v) is 5.84. The van der Waals surface area contributed by atoms with Crippen molar-refractivity contribution in [2.75, 3.05) is 0 Å². The van der Waals surface area contributed by atoms with Crippen LogP contribution in [0.1, 0.15) is 18.2 Å². The summed E-state index contributed by atoms with van der Waals surface area (Å²) in [6.07, 6.45) is 2.00. The fourth-order valence-corrected chi connectivity index (χ4v) is 4.21. The summed E-state index contributed by atoms with van der Waals surface area (Å²) in [4.78, 5) is 0.166. The van der Waals surface area contributed by atoms with Gasteiger partial charge in [0, 0.05) is 5.56 Å². The summed E-state index contributed by atoms with van der Waals surface area (Å²) in [5, 5.41) is 23.5. The van der Waals surface area contributed by atoms with Crippen LogP contribution >= 0.6 is 23.1 Å². The predicted molar refractivity (Wildman–Crippen MR) is 93.4 cm³/mol. The van der Waals surface area contributed by atoms with Crippen molar-refractivity contribution in [1.29, 1.82) is 0 Å². The smallest absolute Gasteiger partial charge is 0.234 e. The number of hydrogen-bond donors (Lipinski definition) is 2. The number of nitrogens with zero attached hydrogens (tertiary/aromatic N) is 3. The second-order valence-electron chi connectivity index (χ2n) is 5.38. The molecule has 1 aromatic carbocycles. The van der Waals surface area contributed by atoms with E-state index >= 15 is 0 Å². The van der Waals surface area contributed by atoms with Crippen LogP contribution in [-0.4, -0.2) is 17.9 Å². The third kappa shape index (κ3) is 3.34. The molecule has 24 heavy (non-hydrogen) atoms. The number of azo groups is 1. The van der Waals surface area contributed by atoms with Gasteiger partial charge >= 0.3 is 0 Å². The number of primary sulfonamides is 1. The fraction of sp³-hybridized carbons (Fsp3) is 0.214. The molecule has 1 atom stereocenters. The van der Waals surface area contributed by atoms with Gasteiger partial charge in [0.25, 0.3) is 0 Å². The lowest BCUT2D eigenvalue weighted by Gasteiger charge is -2.18. The van der Waals surface area contributed by atoms with Gasteiger partial charge in [-0.05, 0) is 48.1 Å². The highest BCUT2D eigenvalue weighted by molar-refractivity contribution is 7.93. The first-order valence-electron chi connectivity index (χ1n) is 6.89. The number of phenolic OH excluding ortho intramolecular Hbond substituents is 1. The largest absolute Gasteiger partial charge is 0.506 e. The number of allylic oxidation sites excluding steroid dienone is 1. The normalized spacial score (nSPS) is 17.8. The number of rotatable bonds is 3. The number of hydrogen-bond acceptors (Lipinski definition) is 7. The van der Waals surface area contributed by atoms with Gasteiger partial charge in [-0.2, -0.15) is 4.37 Å². The molecule has 0 aliphatic heterocycles.